The molecule has 15 heavy (non-hydrogen) atoms. The molecule has 0 saturated heterocycles. The van der Waals surface area contributed by atoms with Crippen LogP contribution in [0.4, 0.5) is 0 Å². The minimum absolute atomic E-state index is 0.275. The zero-order valence-electron chi connectivity index (χ0n) is 11.4. The monoisotopic (exact) mass is 228 g/mol. The molecule has 0 aromatic carbocycles. The molecule has 0 aliphatic heterocycles. The third-order valence-electron chi connectivity index (χ3n) is 3.80. The standard InChI is InChI=1S/C14H28S/c1-10(2)12(5)13(15)8-9-14(6,7)11(3)4/h8-13,15H,1-7H3. The Balaban J connectivity index is 4.40. The predicted octanol–water partition coefficient (Wildman–Crippen LogP) is 4.82. The third kappa shape index (κ3) is 5.10. The predicted molar refractivity (Wildman–Crippen MR) is 74.5 cm³/mol. The van der Waals surface area contributed by atoms with Crippen molar-refractivity contribution >= 4 is 12.6 Å². The first-order chi connectivity index (χ1) is 6.68. The van der Waals surface area contributed by atoms with Gasteiger partial charge in [-0.3, -0.25) is 0 Å². The number of hydrogen-bond donors (Lipinski definition) is 1. The van der Waals surface area contributed by atoms with Gasteiger partial charge in [0.1, 0.15) is 0 Å². The molecule has 0 aromatic heterocycles. The summed E-state index contributed by atoms with van der Waals surface area (Å²) in [6.45, 7) is 15.9. The molecule has 0 aliphatic carbocycles. The van der Waals surface area contributed by atoms with Gasteiger partial charge in [0.25, 0.3) is 0 Å². The van der Waals surface area contributed by atoms with Crippen LogP contribution in [0.1, 0.15) is 48.5 Å². The van der Waals surface area contributed by atoms with Crippen molar-refractivity contribution in [1.82, 2.24) is 0 Å². The summed E-state index contributed by atoms with van der Waals surface area (Å²) in [5.41, 5.74) is 0.275. The number of rotatable bonds is 5. The summed E-state index contributed by atoms with van der Waals surface area (Å²) in [4.78, 5) is 0. The average molecular weight is 228 g/mol. The zero-order chi connectivity index (χ0) is 12.2. The maximum absolute atomic E-state index is 4.66. The molecular formula is C14H28S. The molecule has 0 aliphatic rings. The van der Waals surface area contributed by atoms with E-state index in [1.54, 1.807) is 0 Å². The second-order valence-corrected chi connectivity index (χ2v) is 6.53. The number of hydrogen-bond acceptors (Lipinski definition) is 1. The smallest absolute Gasteiger partial charge is 0.0225 e. The van der Waals surface area contributed by atoms with Crippen LogP contribution < -0.4 is 0 Å². The van der Waals surface area contributed by atoms with E-state index in [1.165, 1.54) is 0 Å². The van der Waals surface area contributed by atoms with Gasteiger partial charge in [-0.25, -0.2) is 0 Å². The van der Waals surface area contributed by atoms with E-state index in [0.717, 1.165) is 0 Å². The van der Waals surface area contributed by atoms with Gasteiger partial charge in [-0.15, -0.1) is 0 Å². The van der Waals surface area contributed by atoms with Crippen molar-refractivity contribution < 1.29 is 0 Å². The highest BCUT2D eigenvalue weighted by atomic mass is 32.1. The van der Waals surface area contributed by atoms with E-state index < -0.39 is 0 Å². The lowest BCUT2D eigenvalue weighted by atomic mass is 9.80. The van der Waals surface area contributed by atoms with Crippen LogP contribution >= 0.6 is 12.6 Å². The van der Waals surface area contributed by atoms with Gasteiger partial charge in [0, 0.05) is 5.25 Å². The molecule has 0 spiro atoms. The van der Waals surface area contributed by atoms with Gasteiger partial charge in [-0.1, -0.05) is 60.6 Å². The molecular weight excluding hydrogens is 200 g/mol. The van der Waals surface area contributed by atoms with Crippen LogP contribution in [0.25, 0.3) is 0 Å². The zero-order valence-corrected chi connectivity index (χ0v) is 12.3. The van der Waals surface area contributed by atoms with E-state index in [-0.39, 0.29) is 5.41 Å². The van der Waals surface area contributed by atoms with Crippen LogP contribution in [0.15, 0.2) is 12.2 Å². The van der Waals surface area contributed by atoms with Gasteiger partial charge < -0.3 is 0 Å². The molecule has 2 atom stereocenters. The number of allylic oxidation sites excluding steroid dienone is 1. The minimum Gasteiger partial charge on any atom is -0.171 e. The summed E-state index contributed by atoms with van der Waals surface area (Å²) in [6.07, 6.45) is 4.60. The summed E-state index contributed by atoms with van der Waals surface area (Å²) < 4.78 is 0. The van der Waals surface area contributed by atoms with Gasteiger partial charge in [0.2, 0.25) is 0 Å². The van der Waals surface area contributed by atoms with Crippen molar-refractivity contribution in [3.8, 4) is 0 Å². The van der Waals surface area contributed by atoms with Crippen molar-refractivity contribution in [1.29, 1.82) is 0 Å². The van der Waals surface area contributed by atoms with Gasteiger partial charge in [-0.05, 0) is 23.2 Å². The number of thiol groups is 1. The van der Waals surface area contributed by atoms with Gasteiger partial charge >= 0.3 is 0 Å². The van der Waals surface area contributed by atoms with Crippen molar-refractivity contribution in [2.24, 2.45) is 23.2 Å². The summed E-state index contributed by atoms with van der Waals surface area (Å²) in [5, 5.41) is 0.378. The Hall–Kier alpha value is 0.0900. The fourth-order valence-corrected chi connectivity index (χ4v) is 1.54. The normalized spacial score (nSPS) is 17.7. The second-order valence-electron chi connectivity index (χ2n) is 5.93. The highest BCUT2D eigenvalue weighted by Crippen LogP contribution is 2.29. The Morgan fingerprint density at radius 3 is 1.80 bits per heavy atom. The van der Waals surface area contributed by atoms with Gasteiger partial charge in [0.05, 0.1) is 0 Å². The van der Waals surface area contributed by atoms with Crippen LogP contribution in [0.2, 0.25) is 0 Å². The van der Waals surface area contributed by atoms with E-state index in [9.17, 15) is 0 Å². The van der Waals surface area contributed by atoms with Crippen LogP contribution in [0.5, 0.6) is 0 Å². The first-order valence-corrected chi connectivity index (χ1v) is 6.57. The summed E-state index contributed by atoms with van der Waals surface area (Å²) in [7, 11) is 0. The Bertz CT molecular complexity index is 201. The second kappa shape index (κ2) is 5.98. The highest BCUT2D eigenvalue weighted by molar-refractivity contribution is 7.81. The topological polar surface area (TPSA) is 0 Å². The average Bonchev–Trinajstić information content (AvgIpc) is 2.12. The van der Waals surface area contributed by atoms with E-state index in [4.69, 9.17) is 0 Å². The van der Waals surface area contributed by atoms with Crippen LogP contribution in [0.3, 0.4) is 0 Å². The van der Waals surface area contributed by atoms with Gasteiger partial charge in [0.15, 0.2) is 0 Å². The molecule has 1 heteroatoms. The van der Waals surface area contributed by atoms with Crippen molar-refractivity contribution in [2.45, 2.75) is 53.7 Å². The summed E-state index contributed by atoms with van der Waals surface area (Å²) in [5.74, 6) is 2.00. The maximum atomic E-state index is 4.66. The Morgan fingerprint density at radius 2 is 1.47 bits per heavy atom. The molecule has 0 N–H and O–H groups in total. The molecule has 0 rings (SSSR count). The molecule has 0 amide bonds. The highest BCUT2D eigenvalue weighted by Gasteiger charge is 2.20. The lowest BCUT2D eigenvalue weighted by molar-refractivity contribution is 0.331. The minimum atomic E-state index is 0.275. The van der Waals surface area contributed by atoms with E-state index in [2.05, 4.69) is 73.2 Å². The molecule has 0 aromatic rings. The molecule has 0 fully saturated rings. The quantitative estimate of drug-likeness (QED) is 0.506. The molecule has 0 nitrogen and oxygen atoms in total. The lowest BCUT2D eigenvalue weighted by Gasteiger charge is -2.27. The fraction of sp³-hybridized carbons (Fsp3) is 0.857. The first kappa shape index (κ1) is 15.1. The Kier molecular flexibility index (Phi) is 6.02. The Labute approximate surface area is 102 Å². The van der Waals surface area contributed by atoms with E-state index >= 15 is 0 Å². The molecule has 2 unspecified atom stereocenters. The third-order valence-corrected chi connectivity index (χ3v) is 4.44. The van der Waals surface area contributed by atoms with Crippen molar-refractivity contribution in [2.75, 3.05) is 0 Å². The molecule has 0 saturated carbocycles. The molecule has 0 heterocycles. The van der Waals surface area contributed by atoms with Crippen LogP contribution in [-0.2, 0) is 0 Å². The lowest BCUT2D eigenvalue weighted by Crippen LogP contribution is -2.19. The SMILES string of the molecule is CC(C)C(C)C(S)C=CC(C)(C)C(C)C. The summed E-state index contributed by atoms with van der Waals surface area (Å²) >= 11 is 4.66. The van der Waals surface area contributed by atoms with Crippen molar-refractivity contribution in [3.63, 3.8) is 0 Å². The molecule has 0 bridgehead atoms. The maximum Gasteiger partial charge on any atom is 0.0225 e. The largest absolute Gasteiger partial charge is 0.171 e. The van der Waals surface area contributed by atoms with E-state index in [1.807, 2.05) is 0 Å². The van der Waals surface area contributed by atoms with Crippen molar-refractivity contribution in [3.05, 3.63) is 12.2 Å². The molecule has 0 radical (unpaired) electrons. The first-order valence-electron chi connectivity index (χ1n) is 6.06. The Morgan fingerprint density at radius 1 is 1.00 bits per heavy atom. The summed E-state index contributed by atoms with van der Waals surface area (Å²) in [6, 6.07) is 0. The fourth-order valence-electron chi connectivity index (χ4n) is 1.11. The molecule has 90 valence electrons. The van der Waals surface area contributed by atoms with E-state index in [0.29, 0.717) is 23.0 Å². The van der Waals surface area contributed by atoms with Crippen LogP contribution in [0, 0.1) is 23.2 Å². The van der Waals surface area contributed by atoms with Crippen LogP contribution in [-0.4, -0.2) is 5.25 Å². The van der Waals surface area contributed by atoms with Gasteiger partial charge in [-0.2, -0.15) is 12.6 Å².